The number of rotatable bonds is 7. The van der Waals surface area contributed by atoms with E-state index in [2.05, 4.69) is 10.6 Å². The lowest BCUT2D eigenvalue weighted by atomic mass is 10.2. The van der Waals surface area contributed by atoms with Crippen LogP contribution in [0.4, 0.5) is 14.9 Å². The van der Waals surface area contributed by atoms with Crippen molar-refractivity contribution >= 4 is 17.7 Å². The zero-order valence-electron chi connectivity index (χ0n) is 11.7. The fraction of sp³-hybridized carbons (Fsp3) is 0.385. The van der Waals surface area contributed by atoms with E-state index in [9.17, 15) is 14.0 Å². The Bertz CT molecular complexity index is 522. The van der Waals surface area contributed by atoms with Gasteiger partial charge in [-0.2, -0.15) is 0 Å². The maximum atomic E-state index is 13.6. The van der Waals surface area contributed by atoms with Gasteiger partial charge in [0.2, 0.25) is 0 Å². The molecule has 0 aliphatic heterocycles. The summed E-state index contributed by atoms with van der Waals surface area (Å²) in [6.45, 7) is 0.194. The van der Waals surface area contributed by atoms with Crippen molar-refractivity contribution in [3.63, 3.8) is 0 Å². The molecule has 0 fully saturated rings. The number of ether oxygens (including phenoxy) is 2. The van der Waals surface area contributed by atoms with E-state index in [0.29, 0.717) is 6.42 Å². The first-order valence-corrected chi connectivity index (χ1v) is 6.16. The van der Waals surface area contributed by atoms with Crippen molar-refractivity contribution in [2.75, 3.05) is 26.1 Å². The lowest BCUT2D eigenvalue weighted by molar-refractivity contribution is -0.137. The molecule has 0 heterocycles. The topological polar surface area (TPSA) is 96.9 Å². The van der Waals surface area contributed by atoms with E-state index in [1.165, 1.54) is 20.3 Å². The highest BCUT2D eigenvalue weighted by atomic mass is 19.1. The van der Waals surface area contributed by atoms with Gasteiger partial charge in [0.1, 0.15) is 5.75 Å². The van der Waals surface area contributed by atoms with Crippen LogP contribution in [0, 0.1) is 5.82 Å². The molecule has 0 aliphatic rings. The van der Waals surface area contributed by atoms with Gasteiger partial charge >= 0.3 is 12.0 Å². The first-order chi connectivity index (χ1) is 9.97. The molecule has 1 rings (SSSR count). The number of hydrogen-bond donors (Lipinski definition) is 3. The van der Waals surface area contributed by atoms with Crippen molar-refractivity contribution in [3.05, 3.63) is 17.9 Å². The van der Waals surface area contributed by atoms with Crippen LogP contribution in [-0.4, -0.2) is 37.9 Å². The summed E-state index contributed by atoms with van der Waals surface area (Å²) in [6.07, 6.45) is 0.262. The van der Waals surface area contributed by atoms with Crippen LogP contribution in [0.1, 0.15) is 12.8 Å². The maximum Gasteiger partial charge on any atom is 0.319 e. The average Bonchev–Trinajstić information content (AvgIpc) is 2.43. The molecule has 8 heteroatoms. The molecule has 1 aromatic carbocycles. The predicted molar refractivity (Wildman–Crippen MR) is 73.4 cm³/mol. The number of aliphatic carboxylic acids is 1. The molecule has 0 saturated carbocycles. The van der Waals surface area contributed by atoms with Crippen molar-refractivity contribution < 1.29 is 28.6 Å². The quantitative estimate of drug-likeness (QED) is 0.667. The second-order valence-corrected chi connectivity index (χ2v) is 4.07. The molecule has 116 valence electrons. The monoisotopic (exact) mass is 300 g/mol. The third-order valence-corrected chi connectivity index (χ3v) is 2.58. The van der Waals surface area contributed by atoms with Crippen LogP contribution in [0.2, 0.25) is 0 Å². The molecular formula is C13H17FN2O5. The Morgan fingerprint density at radius 2 is 1.90 bits per heavy atom. The molecule has 0 spiro atoms. The minimum atomic E-state index is -0.934. The number of benzene rings is 1. The van der Waals surface area contributed by atoms with Crippen molar-refractivity contribution in [3.8, 4) is 11.5 Å². The molecule has 0 bridgehead atoms. The number of halogens is 1. The van der Waals surface area contributed by atoms with Crippen molar-refractivity contribution in [2.45, 2.75) is 12.8 Å². The van der Waals surface area contributed by atoms with Gasteiger partial charge in [-0.05, 0) is 6.42 Å². The third kappa shape index (κ3) is 5.17. The molecule has 0 aromatic heterocycles. The van der Waals surface area contributed by atoms with Crippen LogP contribution in [-0.2, 0) is 4.79 Å². The molecule has 7 nitrogen and oxygen atoms in total. The number of carboxylic acid groups (broad SMARTS) is 1. The Morgan fingerprint density at radius 3 is 2.48 bits per heavy atom. The van der Waals surface area contributed by atoms with Gasteiger partial charge in [-0.1, -0.05) is 0 Å². The normalized spacial score (nSPS) is 9.86. The lowest BCUT2D eigenvalue weighted by Gasteiger charge is -2.13. The molecule has 3 N–H and O–H groups in total. The first kappa shape index (κ1) is 16.5. The molecule has 0 saturated heterocycles. The Morgan fingerprint density at radius 1 is 1.24 bits per heavy atom. The van der Waals surface area contributed by atoms with Crippen LogP contribution in [0.15, 0.2) is 12.1 Å². The predicted octanol–water partition coefficient (Wildman–Crippen LogP) is 1.83. The van der Waals surface area contributed by atoms with Crippen LogP contribution >= 0.6 is 0 Å². The van der Waals surface area contributed by atoms with Crippen molar-refractivity contribution in [1.29, 1.82) is 0 Å². The number of hydrogen-bond acceptors (Lipinski definition) is 4. The fourth-order valence-corrected chi connectivity index (χ4v) is 1.57. The minimum Gasteiger partial charge on any atom is -0.494 e. The third-order valence-electron chi connectivity index (χ3n) is 2.58. The van der Waals surface area contributed by atoms with E-state index in [1.807, 2.05) is 0 Å². The van der Waals surface area contributed by atoms with Gasteiger partial charge in [-0.25, -0.2) is 9.18 Å². The van der Waals surface area contributed by atoms with E-state index in [4.69, 9.17) is 14.6 Å². The van der Waals surface area contributed by atoms with Crippen LogP contribution in [0.3, 0.4) is 0 Å². The zero-order valence-corrected chi connectivity index (χ0v) is 11.7. The van der Waals surface area contributed by atoms with E-state index < -0.39 is 17.8 Å². The number of carbonyl (C=O) groups excluding carboxylic acids is 1. The van der Waals surface area contributed by atoms with E-state index in [-0.39, 0.29) is 30.2 Å². The van der Waals surface area contributed by atoms with Crippen LogP contribution in [0.25, 0.3) is 0 Å². The van der Waals surface area contributed by atoms with Crippen LogP contribution in [0.5, 0.6) is 11.5 Å². The Balaban J connectivity index is 2.63. The van der Waals surface area contributed by atoms with Crippen molar-refractivity contribution in [1.82, 2.24) is 5.32 Å². The standard InChI is InChI=1S/C13H17FN2O5/c1-20-10-7-11(21-2)9(6-8(10)14)16-13(19)15-5-3-4-12(17)18/h6-7H,3-5H2,1-2H3,(H,17,18)(H2,15,16,19). The second-order valence-electron chi connectivity index (χ2n) is 4.07. The number of methoxy groups -OCH3 is 2. The van der Waals surface area contributed by atoms with Gasteiger partial charge in [0, 0.05) is 25.1 Å². The summed E-state index contributed by atoms with van der Waals surface area (Å²) in [6, 6.07) is 1.81. The van der Waals surface area contributed by atoms with Gasteiger partial charge in [-0.3, -0.25) is 4.79 Å². The average molecular weight is 300 g/mol. The summed E-state index contributed by atoms with van der Waals surface area (Å²) < 4.78 is 23.4. The minimum absolute atomic E-state index is 0.000679. The van der Waals surface area contributed by atoms with Gasteiger partial charge in [0.25, 0.3) is 0 Å². The molecule has 0 unspecified atom stereocenters. The molecule has 0 aliphatic carbocycles. The Kier molecular flexibility index (Phi) is 6.25. The highest BCUT2D eigenvalue weighted by Crippen LogP contribution is 2.31. The number of anilines is 1. The van der Waals surface area contributed by atoms with Crippen molar-refractivity contribution in [2.24, 2.45) is 0 Å². The first-order valence-electron chi connectivity index (χ1n) is 6.16. The molecule has 0 radical (unpaired) electrons. The summed E-state index contributed by atoms with van der Waals surface area (Å²) in [7, 11) is 2.70. The molecule has 2 amide bonds. The number of nitrogens with one attached hydrogen (secondary N) is 2. The highest BCUT2D eigenvalue weighted by Gasteiger charge is 2.13. The van der Waals surface area contributed by atoms with Gasteiger partial charge in [-0.15, -0.1) is 0 Å². The molecule has 0 atom stereocenters. The fourth-order valence-electron chi connectivity index (χ4n) is 1.57. The summed E-state index contributed by atoms with van der Waals surface area (Å²) >= 11 is 0. The summed E-state index contributed by atoms with van der Waals surface area (Å²) in [5.74, 6) is -1.33. The molecule has 21 heavy (non-hydrogen) atoms. The zero-order chi connectivity index (χ0) is 15.8. The Hall–Kier alpha value is -2.51. The highest BCUT2D eigenvalue weighted by molar-refractivity contribution is 5.91. The van der Waals surface area contributed by atoms with Gasteiger partial charge < -0.3 is 25.2 Å². The van der Waals surface area contributed by atoms with Crippen LogP contribution < -0.4 is 20.1 Å². The SMILES string of the molecule is COc1cc(OC)c(NC(=O)NCCCC(=O)O)cc1F. The van der Waals surface area contributed by atoms with E-state index in [0.717, 1.165) is 6.07 Å². The van der Waals surface area contributed by atoms with E-state index in [1.54, 1.807) is 0 Å². The lowest BCUT2D eigenvalue weighted by Crippen LogP contribution is -2.30. The summed E-state index contributed by atoms with van der Waals surface area (Å²) in [5.41, 5.74) is 0.145. The summed E-state index contributed by atoms with van der Waals surface area (Å²) in [4.78, 5) is 21.9. The summed E-state index contributed by atoms with van der Waals surface area (Å²) in [5, 5.41) is 13.4. The number of carbonyl (C=O) groups is 2. The maximum absolute atomic E-state index is 13.6. The second kappa shape index (κ2) is 7.93. The van der Waals surface area contributed by atoms with Gasteiger partial charge in [0.05, 0.1) is 19.9 Å². The number of amides is 2. The number of urea groups is 1. The molecular weight excluding hydrogens is 283 g/mol. The smallest absolute Gasteiger partial charge is 0.319 e. The Labute approximate surface area is 121 Å². The largest absolute Gasteiger partial charge is 0.494 e. The number of carboxylic acids is 1. The molecule has 1 aromatic rings. The van der Waals surface area contributed by atoms with E-state index >= 15 is 0 Å². The van der Waals surface area contributed by atoms with Gasteiger partial charge in [0.15, 0.2) is 11.6 Å².